The third-order valence-corrected chi connectivity index (χ3v) is 6.25. The molecular formula is C21H24N6O. The molecule has 2 aliphatic rings. The number of fused-ring (bicyclic) bond motifs is 2. The first kappa shape index (κ1) is 17.2. The van der Waals surface area contributed by atoms with Crippen molar-refractivity contribution in [2.24, 2.45) is 11.8 Å². The van der Waals surface area contributed by atoms with Crippen LogP contribution >= 0.6 is 0 Å². The van der Waals surface area contributed by atoms with E-state index in [4.69, 9.17) is 0 Å². The first-order valence-electron chi connectivity index (χ1n) is 9.80. The van der Waals surface area contributed by atoms with Gasteiger partial charge in [-0.25, -0.2) is 0 Å². The summed E-state index contributed by atoms with van der Waals surface area (Å²) >= 11 is 0. The van der Waals surface area contributed by atoms with Crippen molar-refractivity contribution in [1.29, 1.82) is 0 Å². The van der Waals surface area contributed by atoms with Crippen molar-refractivity contribution in [1.82, 2.24) is 25.7 Å². The molecule has 1 saturated carbocycles. The van der Waals surface area contributed by atoms with E-state index in [1.165, 1.54) is 12.8 Å². The van der Waals surface area contributed by atoms with Gasteiger partial charge < -0.3 is 15.3 Å². The van der Waals surface area contributed by atoms with Crippen LogP contribution in [0, 0.1) is 11.8 Å². The quantitative estimate of drug-likeness (QED) is 0.649. The fourth-order valence-corrected chi connectivity index (χ4v) is 4.83. The lowest BCUT2D eigenvalue weighted by Gasteiger charge is -2.38. The van der Waals surface area contributed by atoms with Crippen LogP contribution in [-0.4, -0.2) is 51.7 Å². The minimum atomic E-state index is 0.186. The first-order chi connectivity index (χ1) is 13.7. The molecule has 2 bridgehead atoms. The highest BCUT2D eigenvalue weighted by Crippen LogP contribution is 2.38. The predicted molar refractivity (Wildman–Crippen MR) is 108 cm³/mol. The molecule has 3 atom stereocenters. The summed E-state index contributed by atoms with van der Waals surface area (Å²) in [5.74, 6) is 2.45. The van der Waals surface area contributed by atoms with Crippen molar-refractivity contribution in [3.05, 3.63) is 42.7 Å². The van der Waals surface area contributed by atoms with Crippen molar-refractivity contribution in [3.63, 3.8) is 0 Å². The van der Waals surface area contributed by atoms with Crippen LogP contribution in [0.4, 0.5) is 5.82 Å². The predicted octanol–water partition coefficient (Wildman–Crippen LogP) is 2.67. The third kappa shape index (κ3) is 2.92. The molecule has 1 aliphatic heterocycles. The van der Waals surface area contributed by atoms with E-state index in [0.717, 1.165) is 30.0 Å². The average molecular weight is 376 g/mol. The summed E-state index contributed by atoms with van der Waals surface area (Å²) in [7, 11) is 2.13. The molecule has 1 unspecified atom stereocenters. The van der Waals surface area contributed by atoms with Gasteiger partial charge in [0, 0.05) is 30.4 Å². The monoisotopic (exact) mass is 376 g/mol. The van der Waals surface area contributed by atoms with Crippen molar-refractivity contribution in [3.8, 4) is 28.1 Å². The van der Waals surface area contributed by atoms with E-state index in [9.17, 15) is 5.11 Å². The normalized spacial score (nSPS) is 23.7. The van der Waals surface area contributed by atoms with Gasteiger partial charge in [-0.05, 0) is 67.6 Å². The fourth-order valence-electron chi connectivity index (χ4n) is 4.83. The maximum absolute atomic E-state index is 10.5. The maximum atomic E-state index is 10.5. The molecule has 0 spiro atoms. The van der Waals surface area contributed by atoms with E-state index in [1.54, 1.807) is 18.5 Å². The van der Waals surface area contributed by atoms with Crippen LogP contribution in [0.3, 0.4) is 0 Å². The number of piperidine rings is 1. The molecule has 7 nitrogen and oxygen atoms in total. The van der Waals surface area contributed by atoms with Crippen molar-refractivity contribution >= 4 is 5.82 Å². The van der Waals surface area contributed by atoms with Gasteiger partial charge in [0.25, 0.3) is 0 Å². The highest BCUT2D eigenvalue weighted by molar-refractivity contribution is 5.73. The summed E-state index contributed by atoms with van der Waals surface area (Å²) in [6.07, 6.45) is 6.10. The van der Waals surface area contributed by atoms with Gasteiger partial charge in [0.15, 0.2) is 5.82 Å². The van der Waals surface area contributed by atoms with Gasteiger partial charge in [-0.3, -0.25) is 5.10 Å². The number of hydrogen-bond donors (Lipinski definition) is 3. The second-order valence-corrected chi connectivity index (χ2v) is 7.85. The Balaban J connectivity index is 1.38. The third-order valence-electron chi connectivity index (χ3n) is 6.25. The van der Waals surface area contributed by atoms with Crippen molar-refractivity contribution in [2.75, 3.05) is 25.0 Å². The number of phenolic OH excluding ortho intramolecular Hbond substituents is 1. The first-order valence-corrected chi connectivity index (χ1v) is 9.80. The largest absolute Gasteiger partial charge is 0.507 e. The molecule has 1 aromatic carbocycles. The van der Waals surface area contributed by atoms with E-state index in [2.05, 4.69) is 37.7 Å². The number of nitrogens with zero attached hydrogens (tertiary/aromatic N) is 4. The van der Waals surface area contributed by atoms with Crippen molar-refractivity contribution < 1.29 is 5.11 Å². The summed E-state index contributed by atoms with van der Waals surface area (Å²) in [5.41, 5.74) is 3.18. The van der Waals surface area contributed by atoms with Crippen LogP contribution in [0.15, 0.2) is 42.7 Å². The molecular weight excluding hydrogens is 352 g/mol. The Morgan fingerprint density at radius 2 is 1.86 bits per heavy atom. The molecule has 3 N–H and O–H groups in total. The van der Waals surface area contributed by atoms with Gasteiger partial charge in [-0.1, -0.05) is 6.07 Å². The van der Waals surface area contributed by atoms with Crippen LogP contribution < -0.4 is 10.2 Å². The number of anilines is 1. The zero-order chi connectivity index (χ0) is 19.1. The van der Waals surface area contributed by atoms with E-state index >= 15 is 0 Å². The number of hydrogen-bond acceptors (Lipinski definition) is 6. The van der Waals surface area contributed by atoms with Gasteiger partial charge in [-0.15, -0.1) is 10.2 Å². The number of rotatable bonds is 4. The standard InChI is InChI=1S/C21H24N6O/c1-27(21-14-2-3-15(21)10-22-9-14)20-7-6-18(25-26-20)17-5-4-13(8-19(17)28)16-11-23-24-12-16/h4-8,11-12,14-15,21-22,28H,2-3,9-10H2,1H3,(H,23,24)/t14-,15+,21?. The minimum Gasteiger partial charge on any atom is -0.507 e. The van der Waals surface area contributed by atoms with Crippen molar-refractivity contribution in [2.45, 2.75) is 18.9 Å². The molecule has 0 radical (unpaired) electrons. The number of nitrogens with one attached hydrogen (secondary N) is 2. The molecule has 7 heteroatoms. The number of aromatic amines is 1. The van der Waals surface area contributed by atoms with E-state index < -0.39 is 0 Å². The second kappa shape index (κ2) is 6.91. The number of aromatic hydroxyl groups is 1. The Morgan fingerprint density at radius 1 is 1.04 bits per heavy atom. The lowest BCUT2D eigenvalue weighted by Crippen LogP contribution is -2.50. The van der Waals surface area contributed by atoms with Crippen LogP contribution in [-0.2, 0) is 0 Å². The fraction of sp³-hybridized carbons (Fsp3) is 0.381. The SMILES string of the molecule is CN(c1ccc(-c2ccc(-c3cn[nH]c3)cc2O)nn1)C1[C@@H]2CC[C@H]1CNC2. The molecule has 28 heavy (non-hydrogen) atoms. The Bertz CT molecular complexity index is 940. The summed E-state index contributed by atoms with van der Waals surface area (Å²) in [5, 5.41) is 29.6. The van der Waals surface area contributed by atoms with Gasteiger partial charge >= 0.3 is 0 Å². The average Bonchev–Trinajstić information content (AvgIpc) is 3.34. The zero-order valence-corrected chi connectivity index (χ0v) is 15.8. The molecule has 0 amide bonds. The van der Waals surface area contributed by atoms with E-state index in [-0.39, 0.29) is 5.75 Å². The minimum absolute atomic E-state index is 0.186. The summed E-state index contributed by atoms with van der Waals surface area (Å²) in [6.45, 7) is 2.18. The van der Waals surface area contributed by atoms with Gasteiger partial charge in [0.1, 0.15) is 5.75 Å². The van der Waals surface area contributed by atoms with E-state index in [0.29, 0.717) is 29.1 Å². The zero-order valence-electron chi connectivity index (χ0n) is 15.8. The molecule has 3 aromatic rings. The Morgan fingerprint density at radius 3 is 2.50 bits per heavy atom. The van der Waals surface area contributed by atoms with E-state index in [1.807, 2.05) is 24.3 Å². The molecule has 144 valence electrons. The molecule has 5 rings (SSSR count). The van der Waals surface area contributed by atoms with Gasteiger partial charge in [-0.2, -0.15) is 5.10 Å². The lowest BCUT2D eigenvalue weighted by molar-refractivity contribution is 0.312. The smallest absolute Gasteiger partial charge is 0.151 e. The number of aromatic nitrogens is 4. The van der Waals surface area contributed by atoms with Crippen LogP contribution in [0.1, 0.15) is 12.8 Å². The van der Waals surface area contributed by atoms with Crippen LogP contribution in [0.25, 0.3) is 22.4 Å². The number of benzene rings is 1. The Labute approximate surface area is 163 Å². The molecule has 3 heterocycles. The molecule has 2 aromatic heterocycles. The lowest BCUT2D eigenvalue weighted by atomic mass is 9.92. The molecule has 1 aliphatic carbocycles. The number of phenols is 1. The van der Waals surface area contributed by atoms with Crippen LogP contribution in [0.2, 0.25) is 0 Å². The Hall–Kier alpha value is -2.93. The molecule has 2 fully saturated rings. The summed E-state index contributed by atoms with van der Waals surface area (Å²) < 4.78 is 0. The topological polar surface area (TPSA) is 90.0 Å². The van der Waals surface area contributed by atoms with Crippen LogP contribution in [0.5, 0.6) is 5.75 Å². The van der Waals surface area contributed by atoms with Gasteiger partial charge in [0.2, 0.25) is 0 Å². The molecule has 1 saturated heterocycles. The summed E-state index contributed by atoms with van der Waals surface area (Å²) in [6, 6.07) is 10.0. The highest BCUT2D eigenvalue weighted by Gasteiger charge is 2.41. The second-order valence-electron chi connectivity index (χ2n) is 7.85. The highest BCUT2D eigenvalue weighted by atomic mass is 16.3. The summed E-state index contributed by atoms with van der Waals surface area (Å²) in [4.78, 5) is 2.29. The maximum Gasteiger partial charge on any atom is 0.151 e. The number of H-pyrrole nitrogens is 1. The Kier molecular flexibility index (Phi) is 4.24. The van der Waals surface area contributed by atoms with Gasteiger partial charge in [0.05, 0.1) is 11.9 Å².